The Morgan fingerprint density at radius 3 is 0.979 bits per heavy atom. The smallest absolute Gasteiger partial charge is 0.190 e. The summed E-state index contributed by atoms with van der Waals surface area (Å²) in [5.74, 6) is -2.03. The van der Waals surface area contributed by atoms with Gasteiger partial charge in [0, 0.05) is 12.8 Å². The van der Waals surface area contributed by atoms with Crippen LogP contribution in [-0.4, -0.2) is 77.8 Å². The number of Topliss-reactive ketones (excluding diaryl/α,β-unsaturated/α-hetero) is 2. The summed E-state index contributed by atoms with van der Waals surface area (Å²) in [5, 5.41) is 65.0. The molecule has 0 amide bonds. The van der Waals surface area contributed by atoms with E-state index in [0.29, 0.717) is 25.7 Å². The van der Waals surface area contributed by atoms with Crippen LogP contribution in [0.1, 0.15) is 194 Å². The lowest BCUT2D eigenvalue weighted by atomic mass is 9.61. The molecule has 0 heterocycles. The number of aliphatic hydroxyl groups is 6. The third kappa shape index (κ3) is 15.0. The van der Waals surface area contributed by atoms with Crippen LogP contribution in [0.4, 0.5) is 0 Å². The quantitative estimate of drug-likeness (QED) is 0.0323. The van der Waals surface area contributed by atoms with Crippen molar-refractivity contribution in [3.63, 3.8) is 0 Å². The van der Waals surface area contributed by atoms with E-state index < -0.39 is 47.2 Å². The fourth-order valence-corrected chi connectivity index (χ4v) is 7.11. The molecule has 8 nitrogen and oxygen atoms in total. The number of hydrogen-bond donors (Lipinski definition) is 6. The first-order valence-electron chi connectivity index (χ1n) is 20.0. The van der Waals surface area contributed by atoms with Gasteiger partial charge in [0.1, 0.15) is 24.4 Å². The molecule has 6 atom stereocenters. The SMILES string of the molecule is CCCCCCCCC=CCCCCCCCC(=O)C1(O)C(O)C(O)C(O)C(O)C1(O)C(=O)CCCCCCCCCCCCCCC. The fraction of sp³-hybridized carbons (Fsp3) is 0.900. The Labute approximate surface area is 292 Å². The highest BCUT2D eigenvalue weighted by atomic mass is 16.4. The largest absolute Gasteiger partial charge is 0.387 e. The van der Waals surface area contributed by atoms with Gasteiger partial charge in [0.25, 0.3) is 0 Å². The Kier molecular flexibility index (Phi) is 24.9. The van der Waals surface area contributed by atoms with Gasteiger partial charge in [-0.1, -0.05) is 154 Å². The van der Waals surface area contributed by atoms with Crippen molar-refractivity contribution < 1.29 is 40.2 Å². The van der Waals surface area contributed by atoms with E-state index in [1.165, 1.54) is 89.9 Å². The Balaban J connectivity index is 2.46. The van der Waals surface area contributed by atoms with Crippen molar-refractivity contribution in [2.45, 2.75) is 229 Å². The number of carbonyl (C=O) groups is 2. The van der Waals surface area contributed by atoms with Gasteiger partial charge in [-0.2, -0.15) is 0 Å². The summed E-state index contributed by atoms with van der Waals surface area (Å²) >= 11 is 0. The van der Waals surface area contributed by atoms with E-state index in [9.17, 15) is 40.2 Å². The zero-order chi connectivity index (χ0) is 35.7. The minimum absolute atomic E-state index is 0.232. The van der Waals surface area contributed by atoms with Crippen LogP contribution in [0, 0.1) is 0 Å². The number of aliphatic hydroxyl groups excluding tert-OH is 4. The number of ketones is 2. The Morgan fingerprint density at radius 2 is 0.688 bits per heavy atom. The number of allylic oxidation sites excluding steroid dienone is 2. The summed E-state index contributed by atoms with van der Waals surface area (Å²) in [6.07, 6.45) is 23.3. The lowest BCUT2D eigenvalue weighted by Gasteiger charge is -2.53. The second-order valence-electron chi connectivity index (χ2n) is 14.6. The number of hydrogen-bond acceptors (Lipinski definition) is 8. The van der Waals surface area contributed by atoms with Crippen LogP contribution in [0.5, 0.6) is 0 Å². The summed E-state index contributed by atoms with van der Waals surface area (Å²) in [5.41, 5.74) is -6.25. The van der Waals surface area contributed by atoms with Gasteiger partial charge < -0.3 is 30.6 Å². The summed E-state index contributed by atoms with van der Waals surface area (Å²) in [6, 6.07) is 0. The molecule has 0 aliphatic heterocycles. The van der Waals surface area contributed by atoms with Crippen LogP contribution in [-0.2, 0) is 9.59 Å². The Bertz CT molecular complexity index is 862. The lowest BCUT2D eigenvalue weighted by Crippen LogP contribution is -2.82. The van der Waals surface area contributed by atoms with Gasteiger partial charge in [0.2, 0.25) is 0 Å². The van der Waals surface area contributed by atoms with E-state index in [-0.39, 0.29) is 12.8 Å². The topological polar surface area (TPSA) is 156 Å². The van der Waals surface area contributed by atoms with Crippen molar-refractivity contribution in [3.8, 4) is 0 Å². The van der Waals surface area contributed by atoms with Crippen molar-refractivity contribution in [2.75, 3.05) is 0 Å². The first-order valence-corrected chi connectivity index (χ1v) is 20.0. The molecule has 0 spiro atoms. The molecule has 1 aliphatic rings. The molecule has 1 aliphatic carbocycles. The van der Waals surface area contributed by atoms with Gasteiger partial charge in [-0.3, -0.25) is 9.59 Å². The van der Waals surface area contributed by atoms with E-state index >= 15 is 0 Å². The first kappa shape index (κ1) is 44.9. The number of unbranched alkanes of at least 4 members (excludes halogenated alkanes) is 23. The monoisotopic (exact) mass is 683 g/mol. The van der Waals surface area contributed by atoms with Crippen molar-refractivity contribution >= 4 is 11.6 Å². The molecule has 6 N–H and O–H groups in total. The van der Waals surface area contributed by atoms with Gasteiger partial charge in [-0.05, 0) is 38.5 Å². The molecule has 0 bridgehead atoms. The maximum atomic E-state index is 13.3. The van der Waals surface area contributed by atoms with Gasteiger partial charge in [0.15, 0.2) is 22.8 Å². The fourth-order valence-electron chi connectivity index (χ4n) is 7.11. The average molecular weight is 683 g/mol. The average Bonchev–Trinajstić information content (AvgIpc) is 3.08. The standard InChI is InChI=1S/C40H74O8/c1-3-5-7-9-11-13-15-17-18-20-22-24-26-28-30-32-34(42)40(48)38(46)36(44)35(43)37(45)39(40,47)33(41)31-29-27-25-23-21-19-16-14-12-10-8-6-4-2/h17-18,35-38,43-48H,3-16,19-32H2,1-2H3. The lowest BCUT2D eigenvalue weighted by molar-refractivity contribution is -0.290. The van der Waals surface area contributed by atoms with Crippen molar-refractivity contribution in [1.82, 2.24) is 0 Å². The zero-order valence-corrected chi connectivity index (χ0v) is 30.8. The number of carbonyl (C=O) groups excluding carboxylic acids is 2. The van der Waals surface area contributed by atoms with Crippen LogP contribution >= 0.6 is 0 Å². The van der Waals surface area contributed by atoms with Gasteiger partial charge in [-0.25, -0.2) is 0 Å². The van der Waals surface area contributed by atoms with Crippen LogP contribution in [0.15, 0.2) is 12.2 Å². The Morgan fingerprint density at radius 1 is 0.438 bits per heavy atom. The van der Waals surface area contributed by atoms with Crippen LogP contribution < -0.4 is 0 Å². The van der Waals surface area contributed by atoms with Crippen molar-refractivity contribution in [3.05, 3.63) is 12.2 Å². The van der Waals surface area contributed by atoms with Crippen molar-refractivity contribution in [1.29, 1.82) is 0 Å². The molecule has 282 valence electrons. The molecule has 0 saturated heterocycles. The molecule has 6 unspecified atom stereocenters. The van der Waals surface area contributed by atoms with E-state index in [0.717, 1.165) is 51.4 Å². The minimum atomic E-state index is -3.13. The van der Waals surface area contributed by atoms with Gasteiger partial charge in [-0.15, -0.1) is 0 Å². The molecule has 0 radical (unpaired) electrons. The van der Waals surface area contributed by atoms with Gasteiger partial charge >= 0.3 is 0 Å². The second-order valence-corrected chi connectivity index (χ2v) is 14.6. The summed E-state index contributed by atoms with van der Waals surface area (Å²) < 4.78 is 0. The van der Waals surface area contributed by atoms with Crippen LogP contribution in [0.25, 0.3) is 0 Å². The first-order chi connectivity index (χ1) is 23.1. The predicted octanol–water partition coefficient (Wildman–Crippen LogP) is 7.56. The highest BCUT2D eigenvalue weighted by molar-refractivity contribution is 6.00. The highest BCUT2D eigenvalue weighted by Gasteiger charge is 2.72. The van der Waals surface area contributed by atoms with E-state index in [4.69, 9.17) is 0 Å². The Hall–Kier alpha value is -1.16. The van der Waals surface area contributed by atoms with E-state index in [2.05, 4.69) is 26.0 Å². The molecular weight excluding hydrogens is 608 g/mol. The molecule has 0 aromatic rings. The minimum Gasteiger partial charge on any atom is -0.387 e. The highest BCUT2D eigenvalue weighted by Crippen LogP contribution is 2.42. The number of rotatable bonds is 31. The molecular formula is C40H74O8. The van der Waals surface area contributed by atoms with E-state index in [1.54, 1.807) is 0 Å². The predicted molar refractivity (Wildman–Crippen MR) is 194 cm³/mol. The molecule has 1 saturated carbocycles. The molecule has 1 fully saturated rings. The molecule has 48 heavy (non-hydrogen) atoms. The summed E-state index contributed by atoms with van der Waals surface area (Å²) in [6.45, 7) is 4.45. The van der Waals surface area contributed by atoms with E-state index in [1.807, 2.05) is 0 Å². The molecule has 0 aromatic heterocycles. The maximum absolute atomic E-state index is 13.3. The van der Waals surface area contributed by atoms with Crippen molar-refractivity contribution in [2.24, 2.45) is 0 Å². The maximum Gasteiger partial charge on any atom is 0.190 e. The molecule has 0 aromatic carbocycles. The zero-order valence-electron chi connectivity index (χ0n) is 30.8. The van der Waals surface area contributed by atoms with Crippen LogP contribution in [0.2, 0.25) is 0 Å². The molecule has 8 heteroatoms. The summed E-state index contributed by atoms with van der Waals surface area (Å²) in [4.78, 5) is 26.7. The van der Waals surface area contributed by atoms with Crippen LogP contribution in [0.3, 0.4) is 0 Å². The summed E-state index contributed by atoms with van der Waals surface area (Å²) in [7, 11) is 0. The second kappa shape index (κ2) is 26.6. The normalized spacial score (nSPS) is 26.0. The molecule has 1 rings (SSSR count). The third-order valence-corrected chi connectivity index (χ3v) is 10.5. The van der Waals surface area contributed by atoms with Gasteiger partial charge in [0.05, 0.1) is 0 Å². The third-order valence-electron chi connectivity index (χ3n) is 10.5.